The number of rotatable bonds is 21. The fraction of sp³-hybridized carbons (Fsp3) is 0.487. The Morgan fingerprint density at radius 3 is 2.09 bits per heavy atom. The Balaban J connectivity index is 0.00000552. The van der Waals surface area contributed by atoms with Crippen molar-refractivity contribution in [3.05, 3.63) is 96.1 Å². The number of carbonyl (C=O) groups excluding carboxylic acids is 1. The largest absolute Gasteiger partial charge is 0.494 e. The second-order valence-electron chi connectivity index (χ2n) is 12.2. The number of hydrogen-bond acceptors (Lipinski definition) is 3. The molecule has 0 saturated heterocycles. The summed E-state index contributed by atoms with van der Waals surface area (Å²) in [4.78, 5) is 19.2. The van der Waals surface area contributed by atoms with Gasteiger partial charge in [-0.1, -0.05) is 121 Å². The number of imidazole rings is 1. The smallest absolute Gasteiger partial charge is 0.224 e. The van der Waals surface area contributed by atoms with Crippen LogP contribution in [0.1, 0.15) is 121 Å². The van der Waals surface area contributed by atoms with Gasteiger partial charge in [-0.3, -0.25) is 4.79 Å². The number of aromatic nitrogens is 2. The van der Waals surface area contributed by atoms with Gasteiger partial charge in [0.2, 0.25) is 5.91 Å². The maximum atomic E-state index is 12.7. The van der Waals surface area contributed by atoms with E-state index in [1.165, 1.54) is 83.5 Å². The molecule has 2 aromatic carbocycles. The van der Waals surface area contributed by atoms with Crippen molar-refractivity contribution in [2.75, 3.05) is 11.5 Å². The highest BCUT2D eigenvalue weighted by Crippen LogP contribution is 2.23. The first-order valence-corrected chi connectivity index (χ1v) is 17.1. The number of benzene rings is 2. The minimum absolute atomic E-state index is 0. The number of hydrogen-bond donors (Lipinski definition) is 0. The SMILES string of the molecule is Br.CCCCCCCCCCCCCCCCOc1cccc(CN(C(C)=O)c2cccc(Cc3ncc4ccccn34)c2)c1. The van der Waals surface area contributed by atoms with Gasteiger partial charge in [-0.25, -0.2) is 4.98 Å². The Kier molecular flexibility index (Phi) is 16.8. The van der Waals surface area contributed by atoms with Gasteiger partial charge in [0.1, 0.15) is 11.6 Å². The lowest BCUT2D eigenvalue weighted by Gasteiger charge is -2.22. The molecule has 6 heteroatoms. The Bertz CT molecular complexity index is 1400. The number of pyridine rings is 1. The van der Waals surface area contributed by atoms with E-state index in [1.807, 2.05) is 53.7 Å². The van der Waals surface area contributed by atoms with Gasteiger partial charge >= 0.3 is 0 Å². The van der Waals surface area contributed by atoms with E-state index in [0.29, 0.717) is 13.0 Å². The molecule has 0 N–H and O–H groups in total. The van der Waals surface area contributed by atoms with E-state index >= 15 is 0 Å². The molecule has 0 aliphatic carbocycles. The zero-order chi connectivity index (χ0) is 30.8. The van der Waals surface area contributed by atoms with Crippen LogP contribution in [-0.2, 0) is 17.8 Å². The number of amides is 1. The van der Waals surface area contributed by atoms with E-state index in [-0.39, 0.29) is 22.9 Å². The molecule has 0 saturated carbocycles. The molecule has 0 bridgehead atoms. The van der Waals surface area contributed by atoms with Crippen LogP contribution in [0.2, 0.25) is 0 Å². The first kappa shape index (κ1) is 36.3. The predicted molar refractivity (Wildman–Crippen MR) is 194 cm³/mol. The summed E-state index contributed by atoms with van der Waals surface area (Å²) in [6, 6.07) is 22.5. The summed E-state index contributed by atoms with van der Waals surface area (Å²) in [6.07, 6.45) is 23.6. The third-order valence-corrected chi connectivity index (χ3v) is 8.49. The highest BCUT2D eigenvalue weighted by molar-refractivity contribution is 8.93. The molecule has 0 spiro atoms. The van der Waals surface area contributed by atoms with E-state index in [9.17, 15) is 4.79 Å². The Labute approximate surface area is 282 Å². The van der Waals surface area contributed by atoms with Crippen LogP contribution in [0.4, 0.5) is 5.69 Å². The van der Waals surface area contributed by atoms with E-state index in [4.69, 9.17) is 4.74 Å². The van der Waals surface area contributed by atoms with Crippen molar-refractivity contribution in [3.8, 4) is 5.75 Å². The molecule has 0 unspecified atom stereocenters. The summed E-state index contributed by atoms with van der Waals surface area (Å²) >= 11 is 0. The maximum Gasteiger partial charge on any atom is 0.224 e. The molecule has 4 aromatic rings. The molecular formula is C39H54BrN3O2. The van der Waals surface area contributed by atoms with Crippen LogP contribution in [0.5, 0.6) is 5.75 Å². The fourth-order valence-corrected chi connectivity index (χ4v) is 5.93. The van der Waals surface area contributed by atoms with Crippen molar-refractivity contribution < 1.29 is 9.53 Å². The number of nitrogens with zero attached hydrogens (tertiary/aromatic N) is 3. The van der Waals surface area contributed by atoms with Crippen molar-refractivity contribution in [1.29, 1.82) is 0 Å². The summed E-state index contributed by atoms with van der Waals surface area (Å²) in [5.74, 6) is 1.87. The maximum absolute atomic E-state index is 12.7. The second-order valence-corrected chi connectivity index (χ2v) is 12.2. The second kappa shape index (κ2) is 20.8. The Hall–Kier alpha value is -3.12. The minimum Gasteiger partial charge on any atom is -0.494 e. The number of fused-ring (bicyclic) bond motifs is 1. The highest BCUT2D eigenvalue weighted by atomic mass is 79.9. The zero-order valence-corrected chi connectivity index (χ0v) is 29.3. The normalized spacial score (nSPS) is 11.0. The van der Waals surface area contributed by atoms with Crippen molar-refractivity contribution >= 4 is 34.1 Å². The van der Waals surface area contributed by atoms with Crippen molar-refractivity contribution in [3.63, 3.8) is 0 Å². The highest BCUT2D eigenvalue weighted by Gasteiger charge is 2.14. The summed E-state index contributed by atoms with van der Waals surface area (Å²) in [6.45, 7) is 5.15. The Morgan fingerprint density at radius 1 is 0.756 bits per heavy atom. The lowest BCUT2D eigenvalue weighted by molar-refractivity contribution is -0.116. The Morgan fingerprint density at radius 2 is 1.40 bits per heavy atom. The van der Waals surface area contributed by atoms with Crippen LogP contribution in [-0.4, -0.2) is 21.9 Å². The lowest BCUT2D eigenvalue weighted by atomic mass is 10.0. The van der Waals surface area contributed by atoms with Crippen LogP contribution in [0, 0.1) is 0 Å². The van der Waals surface area contributed by atoms with Gasteiger partial charge in [0.15, 0.2) is 0 Å². The third-order valence-electron chi connectivity index (χ3n) is 8.49. The summed E-state index contributed by atoms with van der Waals surface area (Å²) in [5, 5.41) is 0. The van der Waals surface area contributed by atoms with Gasteiger partial charge in [-0.05, 0) is 53.9 Å². The fourth-order valence-electron chi connectivity index (χ4n) is 5.93. The quantitative estimate of drug-likeness (QED) is 0.0826. The molecule has 244 valence electrons. The number of ether oxygens (including phenoxy) is 1. The van der Waals surface area contributed by atoms with Gasteiger partial charge in [0.05, 0.1) is 24.9 Å². The molecule has 2 aromatic heterocycles. The van der Waals surface area contributed by atoms with Crippen molar-refractivity contribution in [1.82, 2.24) is 9.38 Å². The number of halogens is 1. The van der Waals surface area contributed by atoms with E-state index in [1.54, 1.807) is 6.92 Å². The first-order chi connectivity index (χ1) is 21.6. The molecule has 0 atom stereocenters. The molecule has 0 aliphatic rings. The zero-order valence-electron chi connectivity index (χ0n) is 27.6. The van der Waals surface area contributed by atoms with Gasteiger partial charge in [-0.15, -0.1) is 17.0 Å². The first-order valence-electron chi connectivity index (χ1n) is 17.1. The number of anilines is 1. The summed E-state index contributed by atoms with van der Waals surface area (Å²) in [7, 11) is 0. The van der Waals surface area contributed by atoms with E-state index in [2.05, 4.69) is 46.6 Å². The van der Waals surface area contributed by atoms with Crippen molar-refractivity contribution in [2.24, 2.45) is 0 Å². The third kappa shape index (κ3) is 12.7. The van der Waals surface area contributed by atoms with Gasteiger partial charge in [-0.2, -0.15) is 0 Å². The molecule has 0 aliphatic heterocycles. The topological polar surface area (TPSA) is 46.8 Å². The van der Waals surface area contributed by atoms with Crippen LogP contribution in [0.15, 0.2) is 79.1 Å². The van der Waals surface area contributed by atoms with Gasteiger partial charge in [0.25, 0.3) is 0 Å². The van der Waals surface area contributed by atoms with Gasteiger partial charge < -0.3 is 14.0 Å². The van der Waals surface area contributed by atoms with E-state index in [0.717, 1.165) is 46.9 Å². The summed E-state index contributed by atoms with van der Waals surface area (Å²) < 4.78 is 8.21. The lowest BCUT2D eigenvalue weighted by Crippen LogP contribution is -2.27. The summed E-state index contributed by atoms with van der Waals surface area (Å²) in [5.41, 5.74) is 4.15. The molecular weight excluding hydrogens is 622 g/mol. The molecule has 1 amide bonds. The van der Waals surface area contributed by atoms with E-state index < -0.39 is 0 Å². The monoisotopic (exact) mass is 675 g/mol. The predicted octanol–water partition coefficient (Wildman–Crippen LogP) is 10.9. The molecule has 45 heavy (non-hydrogen) atoms. The van der Waals surface area contributed by atoms with Crippen molar-refractivity contribution in [2.45, 2.75) is 117 Å². The molecule has 4 rings (SSSR count). The molecule has 5 nitrogen and oxygen atoms in total. The molecule has 2 heterocycles. The van der Waals surface area contributed by atoms with Crippen LogP contribution < -0.4 is 9.64 Å². The van der Waals surface area contributed by atoms with Crippen LogP contribution in [0.25, 0.3) is 5.52 Å². The average Bonchev–Trinajstić information content (AvgIpc) is 3.44. The standard InChI is InChI=1S/C39H53N3O2.BrH/c1-3-4-5-6-7-8-9-10-11-12-13-14-15-18-27-44-38-25-20-22-35(29-38)32-42(33(2)43)36-24-19-21-34(28-36)30-39-40-31-37-23-16-17-26-41(37)39;/h16-17,19-26,28-29,31H,3-15,18,27,30,32H2,1-2H3;1H. The molecule has 0 fully saturated rings. The molecule has 0 radical (unpaired) electrons. The average molecular weight is 677 g/mol. The van der Waals surface area contributed by atoms with Crippen LogP contribution >= 0.6 is 17.0 Å². The van der Waals surface area contributed by atoms with Gasteiger partial charge in [0, 0.05) is 25.2 Å². The van der Waals surface area contributed by atoms with Crippen LogP contribution in [0.3, 0.4) is 0 Å². The number of unbranched alkanes of at least 4 members (excludes halogenated alkanes) is 13. The number of carbonyl (C=O) groups is 1. The minimum atomic E-state index is 0.